The maximum atomic E-state index is 12.7. The zero-order chi connectivity index (χ0) is 21.1. The molecule has 0 aliphatic carbocycles. The lowest BCUT2D eigenvalue weighted by molar-refractivity contribution is -0.116. The summed E-state index contributed by atoms with van der Waals surface area (Å²) in [6.07, 6.45) is 1.37. The average Bonchev–Trinajstić information content (AvgIpc) is 3.28. The van der Waals surface area contributed by atoms with Crippen molar-refractivity contribution in [2.24, 2.45) is 0 Å². The predicted molar refractivity (Wildman–Crippen MR) is 126 cm³/mol. The number of hydrogen-bond donors (Lipinski definition) is 3. The molecule has 0 fully saturated rings. The van der Waals surface area contributed by atoms with Gasteiger partial charge in [0.15, 0.2) is 0 Å². The molecule has 4 rings (SSSR count). The lowest BCUT2D eigenvalue weighted by Crippen LogP contribution is -2.35. The monoisotopic (exact) mass is 444 g/mol. The molecule has 0 unspecified atom stereocenters. The minimum atomic E-state index is 0.0227. The van der Waals surface area contributed by atoms with Crippen molar-refractivity contribution >= 4 is 43.8 Å². The molecule has 3 aromatic rings. The third-order valence-corrected chi connectivity index (χ3v) is 7.63. The highest BCUT2D eigenvalue weighted by Gasteiger charge is 2.30. The van der Waals surface area contributed by atoms with Crippen molar-refractivity contribution < 1.29 is 9.53 Å². The molecule has 2 aromatic heterocycles. The first-order valence-electron chi connectivity index (χ1n) is 10.3. The van der Waals surface area contributed by atoms with Crippen LogP contribution in [0.4, 0.5) is 5.00 Å². The average molecular weight is 445 g/mol. The second-order valence-electron chi connectivity index (χ2n) is 7.67. The molecule has 1 aliphatic heterocycles. The molecule has 0 saturated heterocycles. The summed E-state index contributed by atoms with van der Waals surface area (Å²) in [4.78, 5) is 18.9. The van der Waals surface area contributed by atoms with Crippen molar-refractivity contribution in [2.75, 3.05) is 32.1 Å². The number of rotatable bonds is 8. The van der Waals surface area contributed by atoms with Crippen molar-refractivity contribution in [3.8, 4) is 10.6 Å². The number of carbonyl (C=O) groups is 1. The van der Waals surface area contributed by atoms with Crippen molar-refractivity contribution in [1.29, 1.82) is 0 Å². The van der Waals surface area contributed by atoms with Crippen LogP contribution in [0.15, 0.2) is 24.3 Å². The van der Waals surface area contributed by atoms with Crippen LogP contribution in [0.5, 0.6) is 0 Å². The Morgan fingerprint density at radius 1 is 1.27 bits per heavy atom. The second kappa shape index (κ2) is 9.53. The summed E-state index contributed by atoms with van der Waals surface area (Å²) >= 11 is 3.38. The Kier molecular flexibility index (Phi) is 6.80. The summed E-state index contributed by atoms with van der Waals surface area (Å²) in [5.41, 5.74) is 3.44. The lowest BCUT2D eigenvalue weighted by Gasteiger charge is -2.26. The van der Waals surface area contributed by atoms with Crippen LogP contribution < -0.4 is 16.0 Å². The van der Waals surface area contributed by atoms with Gasteiger partial charge >= 0.3 is 0 Å². The molecule has 160 valence electrons. The second-order valence-corrected chi connectivity index (χ2v) is 9.75. The summed E-state index contributed by atoms with van der Waals surface area (Å²) in [7, 11) is 1.67. The van der Waals surface area contributed by atoms with Crippen LogP contribution in [0.3, 0.4) is 0 Å². The summed E-state index contributed by atoms with van der Waals surface area (Å²) in [5.74, 6) is 0.0227. The fourth-order valence-electron chi connectivity index (χ4n) is 3.89. The van der Waals surface area contributed by atoms with Crippen LogP contribution in [0.2, 0.25) is 0 Å². The first-order chi connectivity index (χ1) is 14.6. The van der Waals surface area contributed by atoms with E-state index in [0.29, 0.717) is 25.6 Å². The number of benzene rings is 1. The van der Waals surface area contributed by atoms with E-state index < -0.39 is 0 Å². The van der Waals surface area contributed by atoms with Crippen LogP contribution in [0.25, 0.3) is 20.8 Å². The Labute approximate surface area is 185 Å². The first kappa shape index (κ1) is 21.4. The van der Waals surface area contributed by atoms with E-state index in [1.165, 1.54) is 15.1 Å². The van der Waals surface area contributed by atoms with E-state index in [4.69, 9.17) is 9.72 Å². The number of hydrogen-bond acceptors (Lipinski definition) is 7. The van der Waals surface area contributed by atoms with Gasteiger partial charge in [0.05, 0.1) is 16.8 Å². The van der Waals surface area contributed by atoms with Crippen LogP contribution in [-0.2, 0) is 16.0 Å². The van der Waals surface area contributed by atoms with E-state index in [0.717, 1.165) is 34.1 Å². The molecule has 2 atom stereocenters. The van der Waals surface area contributed by atoms with E-state index >= 15 is 0 Å². The Balaban J connectivity index is 1.63. The molecule has 1 aromatic carbocycles. The maximum Gasteiger partial charge on any atom is 0.226 e. The summed E-state index contributed by atoms with van der Waals surface area (Å²) in [6.45, 7) is 6.42. The van der Waals surface area contributed by atoms with E-state index in [1.54, 1.807) is 29.8 Å². The number of aromatic nitrogens is 1. The van der Waals surface area contributed by atoms with E-state index in [-0.39, 0.29) is 11.9 Å². The van der Waals surface area contributed by atoms with Gasteiger partial charge in [-0.3, -0.25) is 4.79 Å². The van der Waals surface area contributed by atoms with Gasteiger partial charge in [-0.25, -0.2) is 4.98 Å². The number of para-hydroxylation sites is 1. The van der Waals surface area contributed by atoms with Crippen LogP contribution in [-0.4, -0.2) is 43.7 Å². The van der Waals surface area contributed by atoms with Crippen molar-refractivity contribution in [1.82, 2.24) is 15.6 Å². The number of carbonyl (C=O) groups excluding carboxylic acids is 1. The lowest BCUT2D eigenvalue weighted by atomic mass is 9.95. The van der Waals surface area contributed by atoms with E-state index in [2.05, 4.69) is 35.9 Å². The van der Waals surface area contributed by atoms with Gasteiger partial charge in [0.2, 0.25) is 5.91 Å². The summed E-state index contributed by atoms with van der Waals surface area (Å²) in [5, 5.41) is 11.9. The Bertz CT molecular complexity index is 996. The van der Waals surface area contributed by atoms with Gasteiger partial charge in [-0.05, 0) is 38.0 Å². The SMILES string of the molecule is COCCNCCC(=O)Nc1sc2c(c1-c1nc3ccccc3s1)C[C@@H](C)N[C@H]2C. The molecule has 6 nitrogen and oxygen atoms in total. The maximum absolute atomic E-state index is 12.7. The van der Waals surface area contributed by atoms with Crippen LogP contribution >= 0.6 is 22.7 Å². The molecule has 1 amide bonds. The van der Waals surface area contributed by atoms with Gasteiger partial charge < -0.3 is 20.7 Å². The number of anilines is 1. The third kappa shape index (κ3) is 4.58. The normalized spacial score (nSPS) is 18.5. The standard InChI is InChI=1S/C22H28N4O2S2/c1-13-12-15-19(21-25-16-6-4-5-7-17(16)29-21)22(30-20(15)14(2)24-13)26-18(27)8-9-23-10-11-28-3/h4-7,13-14,23-24H,8-12H2,1-3H3,(H,26,27)/t13-,14+/m1/s1. The van der Waals surface area contributed by atoms with Gasteiger partial charge in [0.25, 0.3) is 0 Å². The summed E-state index contributed by atoms with van der Waals surface area (Å²) in [6, 6.07) is 8.87. The quantitative estimate of drug-likeness (QED) is 0.455. The highest BCUT2D eigenvalue weighted by molar-refractivity contribution is 7.23. The molecular formula is C22H28N4O2S2. The van der Waals surface area contributed by atoms with Gasteiger partial charge in [0, 0.05) is 49.1 Å². The number of nitrogens with zero attached hydrogens (tertiary/aromatic N) is 1. The number of amides is 1. The molecule has 0 bridgehead atoms. The molecule has 3 N–H and O–H groups in total. The van der Waals surface area contributed by atoms with Crippen LogP contribution in [0, 0.1) is 0 Å². The zero-order valence-corrected chi connectivity index (χ0v) is 19.2. The van der Waals surface area contributed by atoms with Gasteiger partial charge in [0.1, 0.15) is 10.0 Å². The topological polar surface area (TPSA) is 75.3 Å². The molecule has 3 heterocycles. The fraction of sp³-hybridized carbons (Fsp3) is 0.455. The van der Waals surface area contributed by atoms with Gasteiger partial charge in [-0.2, -0.15) is 0 Å². The number of nitrogens with one attached hydrogen (secondary N) is 3. The minimum absolute atomic E-state index is 0.0227. The fourth-order valence-corrected chi connectivity index (χ4v) is 6.26. The number of thiophene rings is 1. The molecular weight excluding hydrogens is 416 g/mol. The first-order valence-corrected chi connectivity index (χ1v) is 12.0. The molecule has 0 radical (unpaired) electrons. The smallest absolute Gasteiger partial charge is 0.226 e. The Hall–Kier alpha value is -1.84. The number of thiazole rings is 1. The molecule has 8 heteroatoms. The van der Waals surface area contributed by atoms with E-state index in [9.17, 15) is 4.79 Å². The highest BCUT2D eigenvalue weighted by atomic mass is 32.1. The number of methoxy groups -OCH3 is 1. The molecule has 1 aliphatic rings. The number of fused-ring (bicyclic) bond motifs is 2. The van der Waals surface area contributed by atoms with E-state index in [1.807, 2.05) is 18.2 Å². The van der Waals surface area contributed by atoms with Crippen molar-refractivity contribution in [3.63, 3.8) is 0 Å². The third-order valence-electron chi connectivity index (χ3n) is 5.25. The highest BCUT2D eigenvalue weighted by Crippen LogP contribution is 2.47. The molecule has 30 heavy (non-hydrogen) atoms. The van der Waals surface area contributed by atoms with Gasteiger partial charge in [-0.15, -0.1) is 22.7 Å². The zero-order valence-electron chi connectivity index (χ0n) is 17.6. The van der Waals surface area contributed by atoms with Crippen molar-refractivity contribution in [3.05, 3.63) is 34.7 Å². The minimum Gasteiger partial charge on any atom is -0.383 e. The number of ether oxygens (including phenoxy) is 1. The van der Waals surface area contributed by atoms with Gasteiger partial charge in [-0.1, -0.05) is 12.1 Å². The Morgan fingerprint density at radius 2 is 2.10 bits per heavy atom. The van der Waals surface area contributed by atoms with Crippen LogP contribution in [0.1, 0.15) is 36.8 Å². The predicted octanol–water partition coefficient (Wildman–Crippen LogP) is 4.18. The molecule has 0 spiro atoms. The Morgan fingerprint density at radius 3 is 2.90 bits per heavy atom. The summed E-state index contributed by atoms with van der Waals surface area (Å²) < 4.78 is 6.19. The molecule has 0 saturated carbocycles. The largest absolute Gasteiger partial charge is 0.383 e. The van der Waals surface area contributed by atoms with Crippen molar-refractivity contribution in [2.45, 2.75) is 38.8 Å².